The lowest BCUT2D eigenvalue weighted by molar-refractivity contribution is -0.116. The molecule has 0 fully saturated rings. The predicted octanol–water partition coefficient (Wildman–Crippen LogP) is 4.16. The molecule has 6 nitrogen and oxygen atoms in total. The molecule has 1 heterocycles. The van der Waals surface area contributed by atoms with Crippen LogP contribution >= 0.6 is 11.6 Å². The molecule has 0 saturated carbocycles. The number of benzene rings is 2. The van der Waals surface area contributed by atoms with E-state index < -0.39 is 0 Å². The highest BCUT2D eigenvalue weighted by molar-refractivity contribution is 6.33. The van der Waals surface area contributed by atoms with Crippen molar-refractivity contribution in [2.45, 2.75) is 19.8 Å². The van der Waals surface area contributed by atoms with E-state index in [1.54, 1.807) is 36.4 Å². The maximum atomic E-state index is 12.1. The minimum Gasteiger partial charge on any atom is -0.339 e. The van der Waals surface area contributed by atoms with Crippen molar-refractivity contribution < 1.29 is 14.1 Å². The van der Waals surface area contributed by atoms with E-state index in [2.05, 4.69) is 15.5 Å². The van der Waals surface area contributed by atoms with Gasteiger partial charge in [-0.3, -0.25) is 9.59 Å². The van der Waals surface area contributed by atoms with Crippen LogP contribution in [0.4, 0.5) is 5.69 Å². The van der Waals surface area contributed by atoms with Crippen LogP contribution in [0.25, 0.3) is 11.4 Å². The Morgan fingerprint density at radius 3 is 2.73 bits per heavy atom. The third kappa shape index (κ3) is 4.34. The molecule has 0 aliphatic carbocycles. The van der Waals surface area contributed by atoms with Crippen LogP contribution in [0.1, 0.15) is 29.6 Å². The Kier molecular flexibility index (Phi) is 5.43. The number of aromatic nitrogens is 2. The number of amides is 1. The molecule has 0 radical (unpaired) electrons. The first-order valence-corrected chi connectivity index (χ1v) is 8.39. The number of anilines is 1. The van der Waals surface area contributed by atoms with Gasteiger partial charge in [0, 0.05) is 29.7 Å². The molecule has 0 atom stereocenters. The zero-order valence-electron chi connectivity index (χ0n) is 14.0. The molecule has 3 aromatic rings. The van der Waals surface area contributed by atoms with Gasteiger partial charge in [-0.05, 0) is 31.2 Å². The average molecular weight is 370 g/mol. The molecule has 0 spiro atoms. The molecule has 0 bridgehead atoms. The predicted molar refractivity (Wildman–Crippen MR) is 98.1 cm³/mol. The van der Waals surface area contributed by atoms with Gasteiger partial charge < -0.3 is 9.84 Å². The van der Waals surface area contributed by atoms with E-state index in [-0.39, 0.29) is 18.1 Å². The van der Waals surface area contributed by atoms with Crippen LogP contribution in [-0.2, 0) is 11.2 Å². The summed E-state index contributed by atoms with van der Waals surface area (Å²) in [6, 6.07) is 14.0. The molecule has 0 aliphatic rings. The number of ketones is 1. The summed E-state index contributed by atoms with van der Waals surface area (Å²) in [5.41, 5.74) is 1.80. The maximum absolute atomic E-state index is 12.1. The molecule has 7 heteroatoms. The summed E-state index contributed by atoms with van der Waals surface area (Å²) in [5.74, 6) is 0.481. The van der Waals surface area contributed by atoms with Crippen LogP contribution in [0.3, 0.4) is 0 Å². The quantitative estimate of drug-likeness (QED) is 0.659. The Morgan fingerprint density at radius 1 is 1.15 bits per heavy atom. The van der Waals surface area contributed by atoms with Crippen LogP contribution in [0.15, 0.2) is 53.1 Å². The van der Waals surface area contributed by atoms with Gasteiger partial charge in [-0.2, -0.15) is 4.98 Å². The second-order valence-electron chi connectivity index (χ2n) is 5.68. The summed E-state index contributed by atoms with van der Waals surface area (Å²) in [7, 11) is 0. The largest absolute Gasteiger partial charge is 0.339 e. The SMILES string of the molecule is CC(=O)c1cccc(NC(=O)CCc2nc(-c3ccccc3Cl)no2)c1. The van der Waals surface area contributed by atoms with E-state index >= 15 is 0 Å². The third-order valence-corrected chi connectivity index (χ3v) is 4.03. The lowest BCUT2D eigenvalue weighted by atomic mass is 10.1. The van der Waals surface area contributed by atoms with Crippen LogP contribution in [0.5, 0.6) is 0 Å². The monoisotopic (exact) mass is 369 g/mol. The Bertz CT molecular complexity index is 952. The molecule has 3 rings (SSSR count). The first-order valence-electron chi connectivity index (χ1n) is 8.01. The lowest BCUT2D eigenvalue weighted by Gasteiger charge is -2.05. The molecule has 1 amide bonds. The van der Waals surface area contributed by atoms with Crippen LogP contribution in [0, 0.1) is 0 Å². The molecular weight excluding hydrogens is 354 g/mol. The standard InChI is InChI=1S/C19H16ClN3O3/c1-12(24)13-5-4-6-14(11-13)21-17(25)9-10-18-22-19(23-26-18)15-7-2-3-8-16(15)20/h2-8,11H,9-10H2,1H3,(H,21,25). The summed E-state index contributed by atoms with van der Waals surface area (Å²) in [5, 5.41) is 7.18. The Hall–Kier alpha value is -2.99. The van der Waals surface area contributed by atoms with Gasteiger partial charge >= 0.3 is 0 Å². The van der Waals surface area contributed by atoms with E-state index in [4.69, 9.17) is 16.1 Å². The van der Waals surface area contributed by atoms with Crippen molar-refractivity contribution in [3.05, 3.63) is 65.0 Å². The Labute approximate surface area is 155 Å². The molecule has 26 heavy (non-hydrogen) atoms. The van der Waals surface area contributed by atoms with Crippen molar-refractivity contribution in [3.63, 3.8) is 0 Å². The smallest absolute Gasteiger partial charge is 0.227 e. The molecule has 0 aliphatic heterocycles. The van der Waals surface area contributed by atoms with Crippen LogP contribution < -0.4 is 5.32 Å². The Balaban J connectivity index is 1.59. The van der Waals surface area contributed by atoms with Gasteiger partial charge in [-0.25, -0.2) is 0 Å². The van der Waals surface area contributed by atoms with Crippen molar-refractivity contribution in [1.29, 1.82) is 0 Å². The maximum Gasteiger partial charge on any atom is 0.227 e. The minimum absolute atomic E-state index is 0.0564. The fourth-order valence-corrected chi connectivity index (χ4v) is 2.59. The van der Waals surface area contributed by atoms with Crippen molar-refractivity contribution in [2.75, 3.05) is 5.32 Å². The molecule has 2 aromatic carbocycles. The van der Waals surface area contributed by atoms with Crippen molar-refractivity contribution in [2.24, 2.45) is 0 Å². The van der Waals surface area contributed by atoms with Gasteiger partial charge in [0.25, 0.3) is 0 Å². The summed E-state index contributed by atoms with van der Waals surface area (Å²) in [4.78, 5) is 27.7. The Morgan fingerprint density at radius 2 is 1.96 bits per heavy atom. The van der Waals surface area contributed by atoms with E-state index in [1.165, 1.54) is 6.92 Å². The first kappa shape index (κ1) is 17.8. The van der Waals surface area contributed by atoms with Crippen molar-refractivity contribution >= 4 is 29.0 Å². The van der Waals surface area contributed by atoms with Gasteiger partial charge in [0.15, 0.2) is 5.78 Å². The van der Waals surface area contributed by atoms with E-state index in [1.807, 2.05) is 12.1 Å². The number of carbonyl (C=O) groups excluding carboxylic acids is 2. The molecule has 0 unspecified atom stereocenters. The third-order valence-electron chi connectivity index (χ3n) is 3.70. The van der Waals surface area contributed by atoms with Crippen LogP contribution in [-0.4, -0.2) is 21.8 Å². The molecule has 0 saturated heterocycles. The number of halogens is 1. The highest BCUT2D eigenvalue weighted by Gasteiger charge is 2.13. The van der Waals surface area contributed by atoms with Crippen molar-refractivity contribution in [3.8, 4) is 11.4 Å². The second-order valence-corrected chi connectivity index (χ2v) is 6.08. The summed E-state index contributed by atoms with van der Waals surface area (Å²) >= 11 is 6.11. The number of carbonyl (C=O) groups is 2. The number of hydrogen-bond acceptors (Lipinski definition) is 5. The molecular formula is C19H16ClN3O3. The lowest BCUT2D eigenvalue weighted by Crippen LogP contribution is -2.12. The van der Waals surface area contributed by atoms with Gasteiger partial charge in [0.05, 0.1) is 5.02 Å². The van der Waals surface area contributed by atoms with E-state index in [9.17, 15) is 9.59 Å². The van der Waals surface area contributed by atoms with Gasteiger partial charge in [0.1, 0.15) is 0 Å². The second kappa shape index (κ2) is 7.93. The van der Waals surface area contributed by atoms with E-state index in [0.717, 1.165) is 0 Å². The van der Waals surface area contributed by atoms with Gasteiger partial charge in [-0.15, -0.1) is 0 Å². The van der Waals surface area contributed by atoms with Gasteiger partial charge in [-0.1, -0.05) is 41.0 Å². The van der Waals surface area contributed by atoms with E-state index in [0.29, 0.717) is 40.0 Å². The molecule has 1 aromatic heterocycles. The summed E-state index contributed by atoms with van der Waals surface area (Å²) < 4.78 is 5.18. The topological polar surface area (TPSA) is 85.1 Å². The minimum atomic E-state index is -0.205. The number of rotatable bonds is 6. The highest BCUT2D eigenvalue weighted by atomic mass is 35.5. The fourth-order valence-electron chi connectivity index (χ4n) is 2.37. The zero-order valence-corrected chi connectivity index (χ0v) is 14.8. The molecule has 132 valence electrons. The van der Waals surface area contributed by atoms with Gasteiger partial charge in [0.2, 0.25) is 17.6 Å². The fraction of sp³-hybridized carbons (Fsp3) is 0.158. The van der Waals surface area contributed by atoms with Crippen molar-refractivity contribution in [1.82, 2.24) is 10.1 Å². The average Bonchev–Trinajstić information content (AvgIpc) is 3.09. The normalized spacial score (nSPS) is 10.5. The van der Waals surface area contributed by atoms with Crippen LogP contribution in [0.2, 0.25) is 5.02 Å². The number of Topliss-reactive ketones (excluding diaryl/α,β-unsaturated/α-hetero) is 1. The number of nitrogens with one attached hydrogen (secondary N) is 1. The molecule has 1 N–H and O–H groups in total. The highest BCUT2D eigenvalue weighted by Crippen LogP contribution is 2.25. The number of aryl methyl sites for hydroxylation is 1. The summed E-state index contributed by atoms with van der Waals surface area (Å²) in [6.07, 6.45) is 0.476. The number of hydrogen-bond donors (Lipinski definition) is 1. The summed E-state index contributed by atoms with van der Waals surface area (Å²) in [6.45, 7) is 1.48. The zero-order chi connectivity index (χ0) is 18.5. The number of nitrogens with zero attached hydrogens (tertiary/aromatic N) is 2. The first-order chi connectivity index (χ1) is 12.5.